The van der Waals surface area contributed by atoms with Crippen LogP contribution in [0.5, 0.6) is 0 Å². The molecule has 3 heterocycles. The molecule has 2 aromatic rings. The number of aromatic nitrogens is 5. The number of carbonyl (C=O) groups is 1. The van der Waals surface area contributed by atoms with E-state index in [2.05, 4.69) is 37.0 Å². The van der Waals surface area contributed by atoms with Crippen LogP contribution in [0, 0.1) is 11.8 Å². The summed E-state index contributed by atoms with van der Waals surface area (Å²) in [6.07, 6.45) is 2.61. The fraction of sp³-hybridized carbons (Fsp3) is 0.533. The van der Waals surface area contributed by atoms with E-state index in [4.69, 9.17) is 0 Å². The molecule has 0 spiro atoms. The summed E-state index contributed by atoms with van der Waals surface area (Å²) >= 11 is 1.58. The third-order valence-electron chi connectivity index (χ3n) is 4.19. The number of nitrogens with one attached hydrogen (secondary N) is 2. The number of aromatic amines is 1. The highest BCUT2D eigenvalue weighted by molar-refractivity contribution is 7.10. The lowest BCUT2D eigenvalue weighted by Gasteiger charge is -2.23. The van der Waals surface area contributed by atoms with Gasteiger partial charge in [0.25, 0.3) is 0 Å². The van der Waals surface area contributed by atoms with Crippen molar-refractivity contribution in [2.24, 2.45) is 11.8 Å². The van der Waals surface area contributed by atoms with Gasteiger partial charge in [-0.1, -0.05) is 25.1 Å². The molecule has 3 rings (SSSR count). The van der Waals surface area contributed by atoms with Gasteiger partial charge in [-0.15, -0.1) is 21.5 Å². The Kier molecular flexibility index (Phi) is 5.00. The van der Waals surface area contributed by atoms with Gasteiger partial charge in [0.1, 0.15) is 5.01 Å². The molecule has 2 unspecified atom stereocenters. The van der Waals surface area contributed by atoms with Crippen molar-refractivity contribution in [2.45, 2.75) is 26.2 Å². The van der Waals surface area contributed by atoms with Crippen LogP contribution in [0.2, 0.25) is 0 Å². The van der Waals surface area contributed by atoms with Gasteiger partial charge in [-0.05, 0) is 11.5 Å². The summed E-state index contributed by atoms with van der Waals surface area (Å²) in [6, 6.07) is 0. The number of thiazole rings is 1. The van der Waals surface area contributed by atoms with Crippen LogP contribution < -0.4 is 5.32 Å². The molecule has 0 radical (unpaired) electrons. The van der Waals surface area contributed by atoms with Gasteiger partial charge in [0, 0.05) is 30.8 Å². The molecule has 3 N–H and O–H groups in total. The smallest absolute Gasteiger partial charge is 0.307 e. The molecular formula is C15H20N6O2S. The van der Waals surface area contributed by atoms with Crippen LogP contribution in [0.25, 0.3) is 5.57 Å². The second-order valence-corrected chi connectivity index (χ2v) is 7.05. The maximum absolute atomic E-state index is 11.8. The molecule has 0 saturated heterocycles. The topological polar surface area (TPSA) is 117 Å². The summed E-state index contributed by atoms with van der Waals surface area (Å²) in [7, 11) is 0. The maximum Gasteiger partial charge on any atom is 0.307 e. The number of tetrazole rings is 1. The molecule has 0 aliphatic carbocycles. The van der Waals surface area contributed by atoms with E-state index >= 15 is 0 Å². The Morgan fingerprint density at radius 3 is 2.88 bits per heavy atom. The van der Waals surface area contributed by atoms with Crippen molar-refractivity contribution >= 4 is 22.9 Å². The van der Waals surface area contributed by atoms with E-state index < -0.39 is 11.9 Å². The number of aliphatic carboxylic acids is 1. The Bertz CT molecular complexity index is 724. The average Bonchev–Trinajstić information content (AvgIpc) is 3.27. The summed E-state index contributed by atoms with van der Waals surface area (Å²) in [5.41, 5.74) is 2.06. The molecule has 24 heavy (non-hydrogen) atoms. The van der Waals surface area contributed by atoms with E-state index in [1.807, 2.05) is 19.2 Å². The predicted molar refractivity (Wildman–Crippen MR) is 89.5 cm³/mol. The Hall–Kier alpha value is -2.13. The third kappa shape index (κ3) is 3.51. The molecule has 1 aliphatic heterocycles. The van der Waals surface area contributed by atoms with Crippen LogP contribution in [0.4, 0.5) is 0 Å². The predicted octanol–water partition coefficient (Wildman–Crippen LogP) is 1.33. The van der Waals surface area contributed by atoms with Crippen LogP contribution in [-0.2, 0) is 11.2 Å². The van der Waals surface area contributed by atoms with Crippen molar-refractivity contribution in [1.82, 2.24) is 30.9 Å². The van der Waals surface area contributed by atoms with Gasteiger partial charge in [0.2, 0.25) is 0 Å². The van der Waals surface area contributed by atoms with Gasteiger partial charge in [0.15, 0.2) is 5.82 Å². The first-order chi connectivity index (χ1) is 11.6. The van der Waals surface area contributed by atoms with Crippen molar-refractivity contribution in [3.63, 3.8) is 0 Å². The molecule has 8 nitrogen and oxygen atoms in total. The van der Waals surface area contributed by atoms with Crippen LogP contribution in [0.3, 0.4) is 0 Å². The van der Waals surface area contributed by atoms with Crippen molar-refractivity contribution in [3.8, 4) is 0 Å². The summed E-state index contributed by atoms with van der Waals surface area (Å²) in [6.45, 7) is 5.48. The van der Waals surface area contributed by atoms with Gasteiger partial charge in [-0.2, -0.15) is 5.21 Å². The van der Waals surface area contributed by atoms with Crippen molar-refractivity contribution in [3.05, 3.63) is 28.0 Å². The number of carboxylic acid groups (broad SMARTS) is 1. The third-order valence-corrected chi connectivity index (χ3v) is 5.16. The van der Waals surface area contributed by atoms with Crippen molar-refractivity contribution < 1.29 is 9.90 Å². The lowest BCUT2D eigenvalue weighted by atomic mass is 9.80. The van der Waals surface area contributed by atoms with Crippen LogP contribution >= 0.6 is 11.3 Å². The molecular weight excluding hydrogens is 328 g/mol. The first kappa shape index (κ1) is 16.7. The molecule has 0 saturated carbocycles. The fourth-order valence-corrected chi connectivity index (χ4v) is 3.91. The van der Waals surface area contributed by atoms with E-state index in [1.54, 1.807) is 11.3 Å². The summed E-state index contributed by atoms with van der Waals surface area (Å²) < 4.78 is 0. The first-order valence-electron chi connectivity index (χ1n) is 7.87. The largest absolute Gasteiger partial charge is 0.481 e. The highest BCUT2D eigenvalue weighted by Gasteiger charge is 2.35. The number of rotatable bonds is 7. The Labute approximate surface area is 143 Å². The number of hydrogen-bond acceptors (Lipinski definition) is 7. The zero-order valence-corrected chi connectivity index (χ0v) is 14.4. The SMILES string of the molecule is CC(C)C(C(=O)O)C(Cc1csc(C2=CCNC2)n1)c1nn[nH]n1. The zero-order valence-electron chi connectivity index (χ0n) is 13.6. The van der Waals surface area contributed by atoms with Gasteiger partial charge in [-0.25, -0.2) is 4.98 Å². The van der Waals surface area contributed by atoms with E-state index in [0.717, 1.165) is 23.8 Å². The van der Waals surface area contributed by atoms with Crippen molar-refractivity contribution in [1.29, 1.82) is 0 Å². The normalized spacial score (nSPS) is 17.0. The van der Waals surface area contributed by atoms with Gasteiger partial charge in [-0.3, -0.25) is 4.79 Å². The molecule has 1 aliphatic rings. The molecule has 2 aromatic heterocycles. The second kappa shape index (κ2) is 7.18. The molecule has 0 bridgehead atoms. The average molecular weight is 348 g/mol. The summed E-state index contributed by atoms with van der Waals surface area (Å²) in [4.78, 5) is 16.4. The second-order valence-electron chi connectivity index (χ2n) is 6.19. The molecule has 9 heteroatoms. The minimum atomic E-state index is -0.849. The van der Waals surface area contributed by atoms with Crippen LogP contribution in [0.1, 0.15) is 36.3 Å². The molecule has 128 valence electrons. The van der Waals surface area contributed by atoms with Crippen LogP contribution in [0.15, 0.2) is 11.5 Å². The van der Waals surface area contributed by atoms with Gasteiger partial charge >= 0.3 is 5.97 Å². The highest BCUT2D eigenvalue weighted by atomic mass is 32.1. The lowest BCUT2D eigenvalue weighted by Crippen LogP contribution is -2.29. The quantitative estimate of drug-likeness (QED) is 0.691. The number of hydrogen-bond donors (Lipinski definition) is 3. The van der Waals surface area contributed by atoms with E-state index in [-0.39, 0.29) is 11.8 Å². The van der Waals surface area contributed by atoms with Gasteiger partial charge < -0.3 is 10.4 Å². The van der Waals surface area contributed by atoms with Gasteiger partial charge in [0.05, 0.1) is 11.6 Å². The van der Waals surface area contributed by atoms with E-state index in [9.17, 15) is 9.90 Å². The molecule has 2 atom stereocenters. The Morgan fingerprint density at radius 2 is 2.29 bits per heavy atom. The fourth-order valence-electron chi connectivity index (χ4n) is 3.04. The monoisotopic (exact) mass is 348 g/mol. The molecule has 0 aromatic carbocycles. The van der Waals surface area contributed by atoms with Crippen LogP contribution in [-0.4, -0.2) is 49.8 Å². The number of H-pyrrole nitrogens is 1. The number of carboxylic acids is 1. The highest BCUT2D eigenvalue weighted by Crippen LogP contribution is 2.32. The Morgan fingerprint density at radius 1 is 1.46 bits per heavy atom. The summed E-state index contributed by atoms with van der Waals surface area (Å²) in [5, 5.41) is 29.9. The summed E-state index contributed by atoms with van der Waals surface area (Å²) in [5.74, 6) is -1.44. The number of nitrogens with zero attached hydrogens (tertiary/aromatic N) is 4. The minimum absolute atomic E-state index is 0.0501. The first-order valence-corrected chi connectivity index (χ1v) is 8.75. The zero-order chi connectivity index (χ0) is 17.1. The standard InChI is InChI=1S/C15H20N6O2S/c1-8(2)12(15(22)23)11(13-18-20-21-19-13)5-10-7-24-14(17-10)9-3-4-16-6-9/h3,7-8,11-12,16H,4-6H2,1-2H3,(H,22,23)(H,18,19,20,21). The minimum Gasteiger partial charge on any atom is -0.481 e. The van der Waals surface area contributed by atoms with E-state index in [1.165, 1.54) is 5.57 Å². The Balaban J connectivity index is 1.85. The van der Waals surface area contributed by atoms with Crippen molar-refractivity contribution in [2.75, 3.05) is 13.1 Å². The van der Waals surface area contributed by atoms with E-state index in [0.29, 0.717) is 12.2 Å². The lowest BCUT2D eigenvalue weighted by molar-refractivity contribution is -0.144. The molecule has 0 fully saturated rings. The molecule has 0 amide bonds. The maximum atomic E-state index is 11.8.